The van der Waals surface area contributed by atoms with Gasteiger partial charge in [-0.05, 0) is 72.2 Å². The molecule has 256 valence electrons. The van der Waals surface area contributed by atoms with Crippen molar-refractivity contribution in [2.75, 3.05) is 19.6 Å². The molecule has 6 rings (SSSR count). The highest BCUT2D eigenvalue weighted by atomic mass is 35.5. The molecule has 3 heterocycles. The molecule has 4 aromatic rings. The smallest absolute Gasteiger partial charge is 0.451 e. The topological polar surface area (TPSA) is 109 Å². The summed E-state index contributed by atoms with van der Waals surface area (Å²) in [6.07, 6.45) is -2.00. The lowest BCUT2D eigenvalue weighted by molar-refractivity contribution is -0.274. The van der Waals surface area contributed by atoms with Crippen LogP contribution in [0.5, 0.6) is 5.75 Å². The summed E-state index contributed by atoms with van der Waals surface area (Å²) in [6.45, 7) is 2.21. The lowest BCUT2D eigenvalue weighted by Gasteiger charge is -2.35. The molecule has 2 aliphatic rings. The van der Waals surface area contributed by atoms with Gasteiger partial charge in [0.2, 0.25) is 11.8 Å². The number of amides is 3. The predicted molar refractivity (Wildman–Crippen MR) is 175 cm³/mol. The highest BCUT2D eigenvalue weighted by Gasteiger charge is 2.33. The van der Waals surface area contributed by atoms with Gasteiger partial charge in [-0.3, -0.25) is 19.2 Å². The standard InChI is InChI=1S/C36H33ClF3N3O6/c37-25-9-7-22(8-10-25)18-29(41-34(46)32-20-30(44)28-19-26(49-36(38,39)40)11-12-31(28)48-32)35(47)42-16-13-23(14-17-42)27-5-2-1-4-24(27)21-43-15-3-6-33(43)45/h1-2,4-5,7-12,19-20,23,29H,3,6,13-18,21H2,(H,41,46)/t29-/m1/s1. The second kappa shape index (κ2) is 14.3. The molecule has 3 aromatic carbocycles. The SMILES string of the molecule is O=C(N[C@H](Cc1ccc(Cl)cc1)C(=O)N1CCC(c2ccccc2CN2CCCC2=O)CC1)c1cc(=O)c2cc(OC(F)(F)F)ccc2o1. The monoisotopic (exact) mass is 695 g/mol. The Balaban J connectivity index is 1.18. The minimum absolute atomic E-state index is 0.121. The van der Waals surface area contributed by atoms with Crippen molar-refractivity contribution in [1.82, 2.24) is 15.1 Å². The van der Waals surface area contributed by atoms with Gasteiger partial charge < -0.3 is 24.3 Å². The summed E-state index contributed by atoms with van der Waals surface area (Å²) in [5, 5.41) is 3.02. The third kappa shape index (κ3) is 8.25. The van der Waals surface area contributed by atoms with E-state index in [0.717, 1.165) is 48.4 Å². The van der Waals surface area contributed by atoms with E-state index in [0.29, 0.717) is 43.9 Å². The first kappa shape index (κ1) is 34.0. The number of hydrogen-bond donors (Lipinski definition) is 1. The first-order valence-electron chi connectivity index (χ1n) is 16.0. The van der Waals surface area contributed by atoms with Gasteiger partial charge in [0.25, 0.3) is 5.91 Å². The number of carbonyl (C=O) groups is 3. The molecule has 0 saturated carbocycles. The van der Waals surface area contributed by atoms with Crippen LogP contribution < -0.4 is 15.5 Å². The Kier molecular flexibility index (Phi) is 9.96. The Morgan fingerprint density at radius 1 is 0.980 bits per heavy atom. The molecule has 1 N–H and O–H groups in total. The van der Waals surface area contributed by atoms with E-state index in [1.54, 1.807) is 29.2 Å². The quantitative estimate of drug-likeness (QED) is 0.223. The van der Waals surface area contributed by atoms with Crippen molar-refractivity contribution in [3.05, 3.63) is 110 Å². The van der Waals surface area contributed by atoms with Crippen molar-refractivity contribution in [1.29, 1.82) is 0 Å². The molecule has 0 spiro atoms. The number of ether oxygens (including phenoxy) is 1. The molecule has 2 saturated heterocycles. The van der Waals surface area contributed by atoms with Crippen LogP contribution in [-0.2, 0) is 22.6 Å². The van der Waals surface area contributed by atoms with Crippen LogP contribution >= 0.6 is 11.6 Å². The summed E-state index contributed by atoms with van der Waals surface area (Å²) in [4.78, 5) is 56.1. The fourth-order valence-corrected chi connectivity index (χ4v) is 6.64. The number of nitrogens with zero attached hydrogens (tertiary/aromatic N) is 2. The van der Waals surface area contributed by atoms with E-state index in [9.17, 15) is 32.3 Å². The summed E-state index contributed by atoms with van der Waals surface area (Å²) in [7, 11) is 0. The Hall–Kier alpha value is -4.84. The molecular weight excluding hydrogens is 663 g/mol. The molecule has 1 atom stereocenters. The number of alkyl halides is 3. The first-order chi connectivity index (χ1) is 23.4. The molecule has 0 unspecified atom stereocenters. The second-order valence-electron chi connectivity index (χ2n) is 12.3. The third-order valence-corrected chi connectivity index (χ3v) is 9.20. The lowest BCUT2D eigenvalue weighted by Crippen LogP contribution is -2.51. The van der Waals surface area contributed by atoms with Crippen LogP contribution in [0.4, 0.5) is 13.2 Å². The van der Waals surface area contributed by atoms with Crippen molar-refractivity contribution >= 4 is 40.3 Å². The largest absolute Gasteiger partial charge is 0.573 e. The van der Waals surface area contributed by atoms with Crippen molar-refractivity contribution in [3.8, 4) is 5.75 Å². The van der Waals surface area contributed by atoms with Gasteiger partial charge >= 0.3 is 6.36 Å². The molecule has 3 amide bonds. The first-order valence-corrected chi connectivity index (χ1v) is 16.3. The van der Waals surface area contributed by atoms with Gasteiger partial charge in [0.15, 0.2) is 11.2 Å². The highest BCUT2D eigenvalue weighted by Crippen LogP contribution is 2.32. The van der Waals surface area contributed by atoms with Crippen LogP contribution in [0.2, 0.25) is 5.02 Å². The lowest BCUT2D eigenvalue weighted by atomic mass is 9.86. The van der Waals surface area contributed by atoms with Crippen LogP contribution in [0.1, 0.15) is 58.8 Å². The predicted octanol–water partition coefficient (Wildman–Crippen LogP) is 6.21. The minimum atomic E-state index is -4.95. The number of rotatable bonds is 9. The zero-order valence-corrected chi connectivity index (χ0v) is 27.1. The van der Waals surface area contributed by atoms with Crippen LogP contribution in [0.25, 0.3) is 11.0 Å². The molecule has 49 heavy (non-hydrogen) atoms. The van der Waals surface area contributed by atoms with Gasteiger partial charge in [0.1, 0.15) is 17.4 Å². The molecule has 2 aliphatic heterocycles. The summed E-state index contributed by atoms with van der Waals surface area (Å²) in [5.41, 5.74) is 2.14. The van der Waals surface area contributed by atoms with E-state index in [-0.39, 0.29) is 35.1 Å². The van der Waals surface area contributed by atoms with Crippen LogP contribution in [0.15, 0.2) is 82.0 Å². The summed E-state index contributed by atoms with van der Waals surface area (Å²) in [6, 6.07) is 17.8. The number of likely N-dealkylation sites (tertiary alicyclic amines) is 2. The molecule has 1 aromatic heterocycles. The molecule has 9 nitrogen and oxygen atoms in total. The normalized spacial score (nSPS) is 16.2. The average Bonchev–Trinajstić information content (AvgIpc) is 3.48. The van der Waals surface area contributed by atoms with E-state index in [1.807, 2.05) is 17.0 Å². The van der Waals surface area contributed by atoms with Gasteiger partial charge in [0.05, 0.1) is 5.39 Å². The number of piperidine rings is 1. The number of nitrogens with one attached hydrogen (secondary N) is 1. The average molecular weight is 696 g/mol. The van der Waals surface area contributed by atoms with E-state index >= 15 is 0 Å². The number of benzene rings is 3. The highest BCUT2D eigenvalue weighted by molar-refractivity contribution is 6.30. The molecule has 0 bridgehead atoms. The molecule has 0 aliphatic carbocycles. The molecule has 2 fully saturated rings. The summed E-state index contributed by atoms with van der Waals surface area (Å²) < 4.78 is 47.5. The van der Waals surface area contributed by atoms with Crippen molar-refractivity contribution in [3.63, 3.8) is 0 Å². The summed E-state index contributed by atoms with van der Waals surface area (Å²) in [5.74, 6) is -1.79. The van der Waals surface area contributed by atoms with E-state index < -0.39 is 35.2 Å². The van der Waals surface area contributed by atoms with E-state index in [2.05, 4.69) is 22.2 Å². The van der Waals surface area contributed by atoms with E-state index in [4.69, 9.17) is 16.0 Å². The number of fused-ring (bicyclic) bond motifs is 1. The van der Waals surface area contributed by atoms with Crippen LogP contribution in [0, 0.1) is 0 Å². The molecular formula is C36H33ClF3N3O6. The second-order valence-corrected chi connectivity index (χ2v) is 12.7. The number of hydrogen-bond acceptors (Lipinski definition) is 6. The third-order valence-electron chi connectivity index (χ3n) is 8.95. The fraction of sp³-hybridized carbons (Fsp3) is 0.333. The van der Waals surface area contributed by atoms with Crippen LogP contribution in [0.3, 0.4) is 0 Å². The number of carbonyl (C=O) groups excluding carboxylic acids is 3. The van der Waals surface area contributed by atoms with Crippen molar-refractivity contribution in [2.24, 2.45) is 0 Å². The maximum Gasteiger partial charge on any atom is 0.573 e. The maximum atomic E-state index is 14.0. The Labute approximate surface area is 284 Å². The Morgan fingerprint density at radius 2 is 1.71 bits per heavy atom. The molecule has 13 heteroatoms. The van der Waals surface area contributed by atoms with Crippen molar-refractivity contribution in [2.45, 2.75) is 57.0 Å². The van der Waals surface area contributed by atoms with Crippen LogP contribution in [-0.4, -0.2) is 59.6 Å². The zero-order valence-electron chi connectivity index (χ0n) is 26.3. The molecule has 0 radical (unpaired) electrons. The number of halogens is 4. The van der Waals surface area contributed by atoms with Gasteiger partial charge in [-0.2, -0.15) is 0 Å². The fourth-order valence-electron chi connectivity index (χ4n) is 6.51. The van der Waals surface area contributed by atoms with Gasteiger partial charge in [-0.1, -0.05) is 48.0 Å². The maximum absolute atomic E-state index is 14.0. The zero-order chi connectivity index (χ0) is 34.7. The summed E-state index contributed by atoms with van der Waals surface area (Å²) >= 11 is 6.06. The van der Waals surface area contributed by atoms with E-state index in [1.165, 1.54) is 5.56 Å². The van der Waals surface area contributed by atoms with Gasteiger partial charge in [-0.25, -0.2) is 0 Å². The Bertz CT molecular complexity index is 1920. The van der Waals surface area contributed by atoms with Gasteiger partial charge in [-0.15, -0.1) is 13.2 Å². The Morgan fingerprint density at radius 3 is 2.41 bits per heavy atom. The van der Waals surface area contributed by atoms with Gasteiger partial charge in [0, 0.05) is 50.1 Å². The minimum Gasteiger partial charge on any atom is -0.451 e. The van der Waals surface area contributed by atoms with Crippen molar-refractivity contribution < 1.29 is 36.7 Å².